The Hall–Kier alpha value is -3.65. The number of ether oxygens (including phenoxy) is 2. The Morgan fingerprint density at radius 1 is 1.02 bits per heavy atom. The summed E-state index contributed by atoms with van der Waals surface area (Å²) < 4.78 is 13.3. The van der Waals surface area contributed by atoms with E-state index in [1.807, 2.05) is 67.6 Å². The number of rotatable bonds is 7. The molecular formula is C31H26Cl2N2O4S. The minimum atomic E-state index is -0.629. The summed E-state index contributed by atoms with van der Waals surface area (Å²) >= 11 is 13.4. The largest absolute Gasteiger partial charge is 0.489 e. The molecule has 204 valence electrons. The highest BCUT2D eigenvalue weighted by molar-refractivity contribution is 7.07. The van der Waals surface area contributed by atoms with Crippen LogP contribution in [0.3, 0.4) is 0 Å². The highest BCUT2D eigenvalue weighted by atomic mass is 35.5. The van der Waals surface area contributed by atoms with Crippen molar-refractivity contribution in [1.82, 2.24) is 4.57 Å². The van der Waals surface area contributed by atoms with E-state index in [2.05, 4.69) is 4.99 Å². The molecule has 0 unspecified atom stereocenters. The van der Waals surface area contributed by atoms with Crippen LogP contribution in [0.5, 0.6) is 5.75 Å². The monoisotopic (exact) mass is 592 g/mol. The number of halogens is 2. The summed E-state index contributed by atoms with van der Waals surface area (Å²) in [4.78, 5) is 31.9. The number of hydrogen-bond donors (Lipinski definition) is 0. The maximum atomic E-state index is 13.7. The molecule has 0 saturated heterocycles. The van der Waals surface area contributed by atoms with Gasteiger partial charge in [0, 0.05) is 0 Å². The Morgan fingerprint density at radius 3 is 2.42 bits per heavy atom. The normalized spacial score (nSPS) is 15.0. The highest BCUT2D eigenvalue weighted by Crippen LogP contribution is 2.31. The van der Waals surface area contributed by atoms with Crippen molar-refractivity contribution in [3.05, 3.63) is 130 Å². The van der Waals surface area contributed by atoms with E-state index in [4.69, 9.17) is 32.7 Å². The second kappa shape index (κ2) is 11.8. The van der Waals surface area contributed by atoms with Gasteiger partial charge in [-0.2, -0.15) is 0 Å². The first-order chi connectivity index (χ1) is 19.2. The molecule has 0 bridgehead atoms. The van der Waals surface area contributed by atoms with Crippen LogP contribution >= 0.6 is 34.5 Å². The van der Waals surface area contributed by atoms with Crippen LogP contribution in [-0.4, -0.2) is 17.1 Å². The van der Waals surface area contributed by atoms with Gasteiger partial charge >= 0.3 is 5.97 Å². The number of thiazole rings is 1. The first kappa shape index (κ1) is 27.9. The summed E-state index contributed by atoms with van der Waals surface area (Å²) in [6.07, 6.45) is 1.82. The van der Waals surface area contributed by atoms with Crippen LogP contribution in [-0.2, 0) is 16.1 Å². The zero-order valence-electron chi connectivity index (χ0n) is 22.1. The summed E-state index contributed by atoms with van der Waals surface area (Å²) in [6.45, 7) is 6.10. The molecule has 0 radical (unpaired) electrons. The van der Waals surface area contributed by atoms with Crippen molar-refractivity contribution in [2.24, 2.45) is 4.99 Å². The Balaban J connectivity index is 1.47. The molecule has 0 spiro atoms. The summed E-state index contributed by atoms with van der Waals surface area (Å²) in [5.74, 6) is 0.207. The molecule has 0 fully saturated rings. The third-order valence-electron chi connectivity index (χ3n) is 6.48. The SMILES string of the molecule is CCOC(=O)C1=C(C)N=c2s/c(=C/c3ccc(OCc4ccc(Cl)c(Cl)c4)cc3)c(=O)n2[C@@H]1c1ccc(C)cc1. The Kier molecular flexibility index (Phi) is 8.26. The second-order valence-corrected chi connectivity index (χ2v) is 11.1. The van der Waals surface area contributed by atoms with Crippen LogP contribution in [0.25, 0.3) is 6.08 Å². The van der Waals surface area contributed by atoms with Crippen molar-refractivity contribution in [3.63, 3.8) is 0 Å². The zero-order valence-corrected chi connectivity index (χ0v) is 24.4. The molecule has 0 saturated carbocycles. The van der Waals surface area contributed by atoms with Crippen LogP contribution < -0.4 is 19.6 Å². The van der Waals surface area contributed by atoms with Crippen LogP contribution in [0.15, 0.2) is 87.8 Å². The van der Waals surface area contributed by atoms with Gasteiger partial charge in [0.05, 0.1) is 38.5 Å². The van der Waals surface area contributed by atoms with Crippen LogP contribution in [0.2, 0.25) is 10.0 Å². The maximum Gasteiger partial charge on any atom is 0.338 e. The van der Waals surface area contributed by atoms with Crippen molar-refractivity contribution in [2.75, 3.05) is 6.61 Å². The number of aryl methyl sites for hydroxylation is 1. The van der Waals surface area contributed by atoms with Crippen LogP contribution in [0, 0.1) is 6.92 Å². The lowest BCUT2D eigenvalue weighted by Gasteiger charge is -2.24. The van der Waals surface area contributed by atoms with E-state index >= 15 is 0 Å². The first-order valence-corrected chi connectivity index (χ1v) is 14.3. The summed E-state index contributed by atoms with van der Waals surface area (Å²) in [7, 11) is 0. The number of esters is 1. The number of nitrogens with zero attached hydrogens (tertiary/aromatic N) is 2. The van der Waals surface area contributed by atoms with Crippen molar-refractivity contribution in [2.45, 2.75) is 33.4 Å². The van der Waals surface area contributed by atoms with E-state index in [1.54, 1.807) is 30.5 Å². The first-order valence-electron chi connectivity index (χ1n) is 12.7. The lowest BCUT2D eigenvalue weighted by Crippen LogP contribution is -2.39. The van der Waals surface area contributed by atoms with Gasteiger partial charge in [0.15, 0.2) is 4.80 Å². The van der Waals surface area contributed by atoms with E-state index in [-0.39, 0.29) is 12.2 Å². The van der Waals surface area contributed by atoms with Crippen molar-refractivity contribution in [3.8, 4) is 5.75 Å². The average molecular weight is 594 g/mol. The molecule has 40 heavy (non-hydrogen) atoms. The van der Waals surface area contributed by atoms with E-state index in [1.165, 1.54) is 11.3 Å². The average Bonchev–Trinajstić information content (AvgIpc) is 3.24. The molecule has 3 aromatic carbocycles. The summed E-state index contributed by atoms with van der Waals surface area (Å²) in [6, 6.07) is 20.0. The fraction of sp³-hybridized carbons (Fsp3) is 0.194. The molecule has 1 aliphatic rings. The summed E-state index contributed by atoms with van der Waals surface area (Å²) in [5, 5.41) is 0.978. The molecule has 1 aliphatic heterocycles. The number of fused-ring (bicyclic) bond motifs is 1. The van der Waals surface area contributed by atoms with Crippen molar-refractivity contribution in [1.29, 1.82) is 0 Å². The number of benzene rings is 3. The third kappa shape index (κ3) is 5.77. The van der Waals surface area contributed by atoms with Crippen LogP contribution in [0.1, 0.15) is 42.1 Å². The second-order valence-electron chi connectivity index (χ2n) is 9.32. The number of carbonyl (C=O) groups is 1. The standard InChI is InChI=1S/C31H26Cl2N2O4S/c1-4-38-30(37)27-19(3)34-31-35(28(27)22-10-5-18(2)6-11-22)29(36)26(40-31)16-20-7-12-23(13-8-20)39-17-21-9-14-24(32)25(33)15-21/h5-16,28H,4,17H2,1-3H3/b26-16+/t28-/m1/s1. The van der Waals surface area contributed by atoms with Crippen molar-refractivity contribution < 1.29 is 14.3 Å². The van der Waals surface area contributed by atoms with Gasteiger partial charge in [-0.3, -0.25) is 9.36 Å². The predicted molar refractivity (Wildman–Crippen MR) is 159 cm³/mol. The molecule has 2 heterocycles. The van der Waals surface area contributed by atoms with Crippen LogP contribution in [0.4, 0.5) is 0 Å². The topological polar surface area (TPSA) is 69.9 Å². The Morgan fingerprint density at radius 2 is 1.75 bits per heavy atom. The van der Waals surface area contributed by atoms with E-state index < -0.39 is 12.0 Å². The van der Waals surface area contributed by atoms with Gasteiger partial charge in [0.2, 0.25) is 0 Å². The molecule has 0 aliphatic carbocycles. The molecular weight excluding hydrogens is 567 g/mol. The molecule has 4 aromatic rings. The van der Waals surface area contributed by atoms with Gasteiger partial charge in [-0.25, -0.2) is 9.79 Å². The van der Waals surface area contributed by atoms with Gasteiger partial charge in [-0.15, -0.1) is 0 Å². The maximum absolute atomic E-state index is 13.7. The molecule has 0 N–H and O–H groups in total. The number of hydrogen-bond acceptors (Lipinski definition) is 6. The molecule has 0 amide bonds. The lowest BCUT2D eigenvalue weighted by molar-refractivity contribution is -0.139. The highest BCUT2D eigenvalue weighted by Gasteiger charge is 2.33. The molecule has 1 atom stereocenters. The van der Waals surface area contributed by atoms with Gasteiger partial charge in [-0.1, -0.05) is 82.6 Å². The molecule has 6 nitrogen and oxygen atoms in total. The number of carbonyl (C=O) groups excluding carboxylic acids is 1. The zero-order chi connectivity index (χ0) is 28.4. The van der Waals surface area contributed by atoms with E-state index in [9.17, 15) is 9.59 Å². The van der Waals surface area contributed by atoms with Gasteiger partial charge in [-0.05, 0) is 67.8 Å². The van der Waals surface area contributed by atoms with E-state index in [0.29, 0.717) is 43.0 Å². The fourth-order valence-corrected chi connectivity index (χ4v) is 5.83. The molecule has 1 aromatic heterocycles. The summed E-state index contributed by atoms with van der Waals surface area (Å²) in [5.41, 5.74) is 4.33. The molecule has 9 heteroatoms. The third-order valence-corrected chi connectivity index (χ3v) is 8.20. The van der Waals surface area contributed by atoms with Crippen molar-refractivity contribution >= 4 is 46.6 Å². The minimum absolute atomic E-state index is 0.219. The predicted octanol–water partition coefficient (Wildman–Crippen LogP) is 5.99. The lowest BCUT2D eigenvalue weighted by atomic mass is 9.95. The number of allylic oxidation sites excluding steroid dienone is 1. The van der Waals surface area contributed by atoms with Gasteiger partial charge < -0.3 is 9.47 Å². The minimum Gasteiger partial charge on any atom is -0.489 e. The van der Waals surface area contributed by atoms with Gasteiger partial charge in [0.1, 0.15) is 12.4 Å². The molecule has 5 rings (SSSR count). The smallest absolute Gasteiger partial charge is 0.338 e. The van der Waals surface area contributed by atoms with E-state index in [0.717, 1.165) is 22.3 Å². The number of aromatic nitrogens is 1. The quantitative estimate of drug-likeness (QED) is 0.247. The Bertz CT molecular complexity index is 1790. The Labute approximate surface area is 245 Å². The fourth-order valence-electron chi connectivity index (χ4n) is 4.46. The van der Waals surface area contributed by atoms with Gasteiger partial charge in [0.25, 0.3) is 5.56 Å².